The predicted molar refractivity (Wildman–Crippen MR) is 128 cm³/mol. The summed E-state index contributed by atoms with van der Waals surface area (Å²) in [6.07, 6.45) is 0. The Hall–Kier alpha value is -2.71. The monoisotopic (exact) mass is 469 g/mol. The van der Waals surface area contributed by atoms with Gasteiger partial charge in [0.05, 0.1) is 34.8 Å². The number of ether oxygens (including phenoxy) is 1. The van der Waals surface area contributed by atoms with Gasteiger partial charge in [-0.25, -0.2) is 0 Å². The molecule has 8 heteroatoms. The van der Waals surface area contributed by atoms with Crippen molar-refractivity contribution in [2.45, 2.75) is 6.04 Å². The third-order valence-electron chi connectivity index (χ3n) is 5.27. The molecule has 2 aromatic carbocycles. The lowest BCUT2D eigenvalue weighted by molar-refractivity contribution is 0.0332. The maximum atomic E-state index is 13.1. The van der Waals surface area contributed by atoms with Gasteiger partial charge >= 0.3 is 0 Å². The Morgan fingerprint density at radius 3 is 2.53 bits per heavy atom. The van der Waals surface area contributed by atoms with Gasteiger partial charge in [-0.2, -0.15) is 0 Å². The lowest BCUT2D eigenvalue weighted by atomic mass is 10.0. The number of nitrogens with one attached hydrogen (secondary N) is 2. The normalized spacial score (nSPS) is 15.2. The molecule has 3 aromatic rings. The van der Waals surface area contributed by atoms with E-state index in [9.17, 15) is 9.59 Å². The van der Waals surface area contributed by atoms with Gasteiger partial charge in [-0.1, -0.05) is 48.0 Å². The summed E-state index contributed by atoms with van der Waals surface area (Å²) in [6, 6.07) is 18.2. The highest BCUT2D eigenvalue weighted by molar-refractivity contribution is 7.12. The van der Waals surface area contributed by atoms with E-state index in [0.717, 1.165) is 18.7 Å². The third kappa shape index (κ3) is 5.75. The van der Waals surface area contributed by atoms with Gasteiger partial charge in [-0.3, -0.25) is 14.5 Å². The number of carbonyl (C=O) groups is 2. The lowest BCUT2D eigenvalue weighted by Crippen LogP contribution is -2.43. The molecule has 1 unspecified atom stereocenters. The zero-order chi connectivity index (χ0) is 22.3. The second-order valence-corrected chi connectivity index (χ2v) is 8.83. The Labute approximate surface area is 196 Å². The smallest absolute Gasteiger partial charge is 0.265 e. The SMILES string of the molecule is O=C(NC(CN1CCOCC1)c1ccccc1)c1ccc(Cl)c(NC(=O)c2cccs2)c1. The number of nitrogens with zero attached hydrogens (tertiary/aromatic N) is 1. The van der Waals surface area contributed by atoms with E-state index < -0.39 is 0 Å². The molecule has 2 N–H and O–H groups in total. The molecule has 32 heavy (non-hydrogen) atoms. The Morgan fingerprint density at radius 1 is 1.03 bits per heavy atom. The summed E-state index contributed by atoms with van der Waals surface area (Å²) >= 11 is 7.62. The van der Waals surface area contributed by atoms with Crippen LogP contribution in [0.5, 0.6) is 0 Å². The van der Waals surface area contributed by atoms with Gasteiger partial charge in [0.25, 0.3) is 11.8 Å². The van der Waals surface area contributed by atoms with E-state index >= 15 is 0 Å². The first-order valence-electron chi connectivity index (χ1n) is 10.4. The van der Waals surface area contributed by atoms with Gasteiger partial charge in [0, 0.05) is 25.2 Å². The van der Waals surface area contributed by atoms with Crippen molar-refractivity contribution in [2.24, 2.45) is 0 Å². The van der Waals surface area contributed by atoms with Crippen molar-refractivity contribution in [1.82, 2.24) is 10.2 Å². The van der Waals surface area contributed by atoms with Crippen LogP contribution in [0.2, 0.25) is 5.02 Å². The van der Waals surface area contributed by atoms with Crippen LogP contribution < -0.4 is 10.6 Å². The number of hydrogen-bond acceptors (Lipinski definition) is 5. The number of benzene rings is 2. The van der Waals surface area contributed by atoms with E-state index in [0.29, 0.717) is 40.9 Å². The van der Waals surface area contributed by atoms with Gasteiger partial charge in [0.15, 0.2) is 0 Å². The standard InChI is InChI=1S/C24H24ClN3O3S/c25-19-9-8-18(15-20(19)26-24(30)22-7-4-14-32-22)23(29)27-21(17-5-2-1-3-6-17)16-28-10-12-31-13-11-28/h1-9,14-15,21H,10-13,16H2,(H,26,30)(H,27,29). The predicted octanol–water partition coefficient (Wildman–Crippen LogP) is 4.46. The molecular weight excluding hydrogens is 446 g/mol. The first kappa shape index (κ1) is 22.5. The molecule has 2 amide bonds. The number of amides is 2. The molecule has 166 valence electrons. The van der Waals surface area contributed by atoms with E-state index in [1.165, 1.54) is 11.3 Å². The highest BCUT2D eigenvalue weighted by Gasteiger charge is 2.21. The molecule has 2 heterocycles. The van der Waals surface area contributed by atoms with E-state index in [2.05, 4.69) is 15.5 Å². The van der Waals surface area contributed by atoms with Gasteiger partial charge in [0.2, 0.25) is 0 Å². The zero-order valence-corrected chi connectivity index (χ0v) is 19.0. The van der Waals surface area contributed by atoms with Crippen LogP contribution >= 0.6 is 22.9 Å². The molecule has 0 bridgehead atoms. The van der Waals surface area contributed by atoms with Crippen LogP contribution in [0.3, 0.4) is 0 Å². The van der Waals surface area contributed by atoms with Crippen LogP contribution in [0.1, 0.15) is 31.6 Å². The number of halogens is 1. The summed E-state index contributed by atoms with van der Waals surface area (Å²) < 4.78 is 5.44. The van der Waals surface area contributed by atoms with Crippen molar-refractivity contribution < 1.29 is 14.3 Å². The van der Waals surface area contributed by atoms with Crippen LogP contribution in [-0.2, 0) is 4.74 Å². The van der Waals surface area contributed by atoms with Crippen molar-refractivity contribution in [3.63, 3.8) is 0 Å². The minimum atomic E-state index is -0.256. The number of anilines is 1. The molecule has 1 saturated heterocycles. The summed E-state index contributed by atoms with van der Waals surface area (Å²) in [6.45, 7) is 3.74. The summed E-state index contributed by atoms with van der Waals surface area (Å²) in [4.78, 5) is 28.4. The number of thiophene rings is 1. The van der Waals surface area contributed by atoms with Crippen LogP contribution in [0.25, 0.3) is 0 Å². The van der Waals surface area contributed by atoms with Crippen molar-refractivity contribution in [3.8, 4) is 0 Å². The van der Waals surface area contributed by atoms with Crippen molar-refractivity contribution in [1.29, 1.82) is 0 Å². The number of hydrogen-bond donors (Lipinski definition) is 2. The second-order valence-electron chi connectivity index (χ2n) is 7.48. The van der Waals surface area contributed by atoms with Crippen LogP contribution in [-0.4, -0.2) is 49.6 Å². The molecule has 0 radical (unpaired) electrons. The van der Waals surface area contributed by atoms with Gasteiger partial charge in [-0.15, -0.1) is 11.3 Å². The fourth-order valence-electron chi connectivity index (χ4n) is 3.56. The largest absolute Gasteiger partial charge is 0.379 e. The second kappa shape index (κ2) is 10.7. The molecule has 0 aliphatic carbocycles. The Morgan fingerprint density at radius 2 is 1.81 bits per heavy atom. The Kier molecular flexibility index (Phi) is 7.55. The molecule has 1 aromatic heterocycles. The minimum absolute atomic E-state index is 0.179. The molecule has 1 aliphatic heterocycles. The lowest BCUT2D eigenvalue weighted by Gasteiger charge is -2.31. The summed E-state index contributed by atoms with van der Waals surface area (Å²) in [5.41, 5.74) is 1.87. The highest BCUT2D eigenvalue weighted by atomic mass is 35.5. The molecule has 1 fully saturated rings. The molecule has 4 rings (SSSR count). The number of morpholine rings is 1. The first-order chi connectivity index (χ1) is 15.6. The first-order valence-corrected chi connectivity index (χ1v) is 11.7. The molecule has 1 atom stereocenters. The van der Waals surface area contributed by atoms with Gasteiger partial charge in [0.1, 0.15) is 0 Å². The average molecular weight is 470 g/mol. The van der Waals surface area contributed by atoms with Crippen molar-refractivity contribution in [3.05, 3.63) is 87.1 Å². The quantitative estimate of drug-likeness (QED) is 0.536. The fraction of sp³-hybridized carbons (Fsp3) is 0.250. The zero-order valence-electron chi connectivity index (χ0n) is 17.4. The van der Waals surface area contributed by atoms with Crippen LogP contribution in [0.4, 0.5) is 5.69 Å². The fourth-order valence-corrected chi connectivity index (χ4v) is 4.34. The minimum Gasteiger partial charge on any atom is -0.379 e. The topological polar surface area (TPSA) is 70.7 Å². The molecular formula is C24H24ClN3O3S. The summed E-state index contributed by atoms with van der Waals surface area (Å²) in [5.74, 6) is -0.482. The van der Waals surface area contributed by atoms with Gasteiger partial charge in [-0.05, 0) is 35.2 Å². The average Bonchev–Trinajstić information content (AvgIpc) is 3.36. The Balaban J connectivity index is 1.50. The molecule has 6 nitrogen and oxygen atoms in total. The maximum absolute atomic E-state index is 13.1. The van der Waals surface area contributed by atoms with Crippen LogP contribution in [0, 0.1) is 0 Å². The number of rotatable bonds is 7. The molecule has 0 spiro atoms. The van der Waals surface area contributed by atoms with Crippen molar-refractivity contribution in [2.75, 3.05) is 38.2 Å². The maximum Gasteiger partial charge on any atom is 0.265 e. The summed E-state index contributed by atoms with van der Waals surface area (Å²) in [7, 11) is 0. The van der Waals surface area contributed by atoms with Crippen LogP contribution in [0.15, 0.2) is 66.0 Å². The van der Waals surface area contributed by atoms with E-state index in [4.69, 9.17) is 16.3 Å². The van der Waals surface area contributed by atoms with E-state index in [-0.39, 0.29) is 17.9 Å². The van der Waals surface area contributed by atoms with Crippen molar-refractivity contribution >= 4 is 40.4 Å². The third-order valence-corrected chi connectivity index (χ3v) is 6.47. The molecule has 0 saturated carbocycles. The Bertz CT molecular complexity index is 1050. The van der Waals surface area contributed by atoms with E-state index in [1.54, 1.807) is 24.3 Å². The summed E-state index contributed by atoms with van der Waals surface area (Å²) in [5, 5.41) is 8.15. The molecule has 1 aliphatic rings. The highest BCUT2D eigenvalue weighted by Crippen LogP contribution is 2.25. The number of carbonyl (C=O) groups excluding carboxylic acids is 2. The van der Waals surface area contributed by atoms with Gasteiger partial charge < -0.3 is 15.4 Å². The van der Waals surface area contributed by atoms with E-state index in [1.807, 2.05) is 41.8 Å².